The molecule has 0 amide bonds. The number of halogens is 1. The number of hydrogen-bond donors (Lipinski definition) is 1. The van der Waals surface area contributed by atoms with Crippen LogP contribution in [0.2, 0.25) is 5.02 Å². The summed E-state index contributed by atoms with van der Waals surface area (Å²) in [6.07, 6.45) is 6.92. The van der Waals surface area contributed by atoms with Crippen LogP contribution in [0.3, 0.4) is 0 Å². The summed E-state index contributed by atoms with van der Waals surface area (Å²) in [5.41, 5.74) is 1.12. The van der Waals surface area contributed by atoms with Crippen molar-refractivity contribution in [2.75, 3.05) is 13.1 Å². The molecule has 0 radical (unpaired) electrons. The van der Waals surface area contributed by atoms with E-state index in [2.05, 4.69) is 23.5 Å². The Morgan fingerprint density at radius 2 is 1.93 bits per heavy atom. The van der Waals surface area contributed by atoms with Crippen molar-refractivity contribution in [3.63, 3.8) is 0 Å². The van der Waals surface area contributed by atoms with E-state index in [9.17, 15) is 0 Å². The number of benzene rings is 1. The standard InChI is InChI=1S/C13H16ClN/c14-13-4-2-1-3-12(13)6-5-11-7-9-15-10-8-11/h1-6,11,15H,7-10H2. The van der Waals surface area contributed by atoms with Gasteiger partial charge >= 0.3 is 0 Å². The molecule has 2 rings (SSSR count). The van der Waals surface area contributed by atoms with Gasteiger partial charge in [-0.05, 0) is 43.5 Å². The van der Waals surface area contributed by atoms with E-state index >= 15 is 0 Å². The molecule has 2 heteroatoms. The smallest absolute Gasteiger partial charge is 0.0478 e. The zero-order valence-electron chi connectivity index (χ0n) is 8.75. The molecule has 1 aliphatic heterocycles. The first kappa shape index (κ1) is 10.7. The van der Waals surface area contributed by atoms with Gasteiger partial charge in [0.15, 0.2) is 0 Å². The third-order valence-electron chi connectivity index (χ3n) is 2.84. The van der Waals surface area contributed by atoms with Gasteiger partial charge in [-0.15, -0.1) is 0 Å². The second-order valence-corrected chi connectivity index (χ2v) is 4.38. The Kier molecular flexibility index (Phi) is 3.81. The second kappa shape index (κ2) is 5.34. The van der Waals surface area contributed by atoms with E-state index in [1.54, 1.807) is 0 Å². The molecule has 80 valence electrons. The summed E-state index contributed by atoms with van der Waals surface area (Å²) in [6.45, 7) is 2.27. The minimum atomic E-state index is 0.711. The minimum Gasteiger partial charge on any atom is -0.317 e. The number of nitrogens with one attached hydrogen (secondary N) is 1. The zero-order valence-corrected chi connectivity index (χ0v) is 9.50. The Labute approximate surface area is 96.1 Å². The minimum absolute atomic E-state index is 0.711. The molecule has 1 fully saturated rings. The molecular formula is C13H16ClN. The average Bonchev–Trinajstić information content (AvgIpc) is 2.29. The third kappa shape index (κ3) is 3.08. The van der Waals surface area contributed by atoms with Gasteiger partial charge in [0.2, 0.25) is 0 Å². The fraction of sp³-hybridized carbons (Fsp3) is 0.385. The van der Waals surface area contributed by atoms with Gasteiger partial charge < -0.3 is 5.32 Å². The third-order valence-corrected chi connectivity index (χ3v) is 3.18. The fourth-order valence-corrected chi connectivity index (χ4v) is 2.09. The van der Waals surface area contributed by atoms with Crippen molar-refractivity contribution in [1.82, 2.24) is 5.32 Å². The first-order valence-corrected chi connectivity index (χ1v) is 5.87. The van der Waals surface area contributed by atoms with Gasteiger partial charge in [0.05, 0.1) is 0 Å². The number of allylic oxidation sites excluding steroid dienone is 1. The molecule has 1 aromatic rings. The molecule has 15 heavy (non-hydrogen) atoms. The maximum Gasteiger partial charge on any atom is 0.0478 e. The number of hydrogen-bond acceptors (Lipinski definition) is 1. The Hall–Kier alpha value is -0.790. The van der Waals surface area contributed by atoms with Crippen LogP contribution in [-0.2, 0) is 0 Å². The summed E-state index contributed by atoms with van der Waals surface area (Å²) in [5.74, 6) is 0.711. The van der Waals surface area contributed by atoms with Crippen LogP contribution in [0.15, 0.2) is 30.3 Å². The maximum atomic E-state index is 6.08. The Morgan fingerprint density at radius 1 is 1.20 bits per heavy atom. The van der Waals surface area contributed by atoms with Crippen LogP contribution < -0.4 is 5.32 Å². The summed E-state index contributed by atoms with van der Waals surface area (Å²) in [6, 6.07) is 7.97. The fourth-order valence-electron chi connectivity index (χ4n) is 1.89. The van der Waals surface area contributed by atoms with Crippen molar-refractivity contribution < 1.29 is 0 Å². The number of rotatable bonds is 2. The second-order valence-electron chi connectivity index (χ2n) is 3.97. The molecule has 1 aromatic carbocycles. The summed E-state index contributed by atoms with van der Waals surface area (Å²) in [4.78, 5) is 0. The highest BCUT2D eigenvalue weighted by Gasteiger charge is 2.08. The molecule has 0 unspecified atom stereocenters. The largest absolute Gasteiger partial charge is 0.317 e. The first-order valence-electron chi connectivity index (χ1n) is 5.50. The van der Waals surface area contributed by atoms with Gasteiger partial charge in [-0.2, -0.15) is 0 Å². The van der Waals surface area contributed by atoms with Crippen molar-refractivity contribution in [3.8, 4) is 0 Å². The monoisotopic (exact) mass is 221 g/mol. The molecule has 0 atom stereocenters. The highest BCUT2D eigenvalue weighted by atomic mass is 35.5. The Bertz CT molecular complexity index is 340. The average molecular weight is 222 g/mol. The highest BCUT2D eigenvalue weighted by molar-refractivity contribution is 6.32. The van der Waals surface area contributed by atoms with Crippen LogP contribution in [-0.4, -0.2) is 13.1 Å². The molecule has 0 aliphatic carbocycles. The van der Waals surface area contributed by atoms with Crippen molar-refractivity contribution in [1.29, 1.82) is 0 Å². The van der Waals surface area contributed by atoms with Gasteiger partial charge in [-0.1, -0.05) is 42.0 Å². The summed E-state index contributed by atoms with van der Waals surface area (Å²) in [5, 5.41) is 4.20. The topological polar surface area (TPSA) is 12.0 Å². The van der Waals surface area contributed by atoms with Gasteiger partial charge in [0.1, 0.15) is 0 Å². The molecule has 1 heterocycles. The van der Waals surface area contributed by atoms with Gasteiger partial charge in [0.25, 0.3) is 0 Å². The Morgan fingerprint density at radius 3 is 2.67 bits per heavy atom. The van der Waals surface area contributed by atoms with E-state index in [1.807, 2.05) is 18.2 Å². The molecule has 1 N–H and O–H groups in total. The predicted molar refractivity (Wildman–Crippen MR) is 66.1 cm³/mol. The Balaban J connectivity index is 2.01. The molecule has 1 saturated heterocycles. The molecule has 1 aliphatic rings. The summed E-state index contributed by atoms with van der Waals surface area (Å²) in [7, 11) is 0. The van der Waals surface area contributed by atoms with Crippen molar-refractivity contribution in [2.24, 2.45) is 5.92 Å². The van der Waals surface area contributed by atoms with Gasteiger partial charge in [-0.3, -0.25) is 0 Å². The normalized spacial score (nSPS) is 18.5. The molecular weight excluding hydrogens is 206 g/mol. The molecule has 0 bridgehead atoms. The summed E-state index contributed by atoms with van der Waals surface area (Å²) >= 11 is 6.08. The van der Waals surface area contributed by atoms with Crippen molar-refractivity contribution >= 4 is 17.7 Å². The molecule has 1 nitrogen and oxygen atoms in total. The lowest BCUT2D eigenvalue weighted by Crippen LogP contribution is -2.26. The highest BCUT2D eigenvalue weighted by Crippen LogP contribution is 2.19. The van der Waals surface area contributed by atoms with Crippen LogP contribution in [0.25, 0.3) is 6.08 Å². The van der Waals surface area contributed by atoms with E-state index in [-0.39, 0.29) is 0 Å². The van der Waals surface area contributed by atoms with E-state index in [1.165, 1.54) is 12.8 Å². The van der Waals surface area contributed by atoms with Crippen LogP contribution in [0.5, 0.6) is 0 Å². The lowest BCUT2D eigenvalue weighted by Gasteiger charge is -2.19. The maximum absolute atomic E-state index is 6.08. The van der Waals surface area contributed by atoms with Gasteiger partial charge in [0, 0.05) is 5.02 Å². The lowest BCUT2D eigenvalue weighted by molar-refractivity contribution is 0.438. The predicted octanol–water partition coefficient (Wildman–Crippen LogP) is 3.35. The van der Waals surface area contributed by atoms with Crippen LogP contribution in [0.1, 0.15) is 18.4 Å². The van der Waals surface area contributed by atoms with E-state index in [0.29, 0.717) is 5.92 Å². The SMILES string of the molecule is Clc1ccccc1C=CC1CCNCC1. The zero-order chi connectivity index (χ0) is 10.5. The van der Waals surface area contributed by atoms with Crippen LogP contribution in [0, 0.1) is 5.92 Å². The first-order chi connectivity index (χ1) is 7.36. The molecule has 0 aromatic heterocycles. The van der Waals surface area contributed by atoms with E-state index < -0.39 is 0 Å². The van der Waals surface area contributed by atoms with Crippen molar-refractivity contribution in [2.45, 2.75) is 12.8 Å². The molecule has 0 spiro atoms. The van der Waals surface area contributed by atoms with Crippen LogP contribution >= 0.6 is 11.6 Å². The van der Waals surface area contributed by atoms with Crippen LogP contribution in [0.4, 0.5) is 0 Å². The van der Waals surface area contributed by atoms with Gasteiger partial charge in [-0.25, -0.2) is 0 Å². The quantitative estimate of drug-likeness (QED) is 0.808. The molecule has 0 saturated carbocycles. The number of piperidine rings is 1. The van der Waals surface area contributed by atoms with E-state index in [4.69, 9.17) is 11.6 Å². The van der Waals surface area contributed by atoms with E-state index in [0.717, 1.165) is 23.7 Å². The van der Waals surface area contributed by atoms with Crippen molar-refractivity contribution in [3.05, 3.63) is 40.9 Å². The summed E-state index contributed by atoms with van der Waals surface area (Å²) < 4.78 is 0. The lowest BCUT2D eigenvalue weighted by atomic mass is 9.97.